The molecule has 0 spiro atoms. The number of hydrogen-bond donors (Lipinski definition) is 0. The van der Waals surface area contributed by atoms with Crippen molar-refractivity contribution in [3.8, 4) is 23.7 Å². The molecule has 0 saturated heterocycles. The fraction of sp³-hybridized carbons (Fsp3) is 0.667. The highest BCUT2D eigenvalue weighted by Gasteiger charge is 2.09. The van der Waals surface area contributed by atoms with E-state index in [-0.39, 0.29) is 16.2 Å². The monoisotopic (exact) mass is 244 g/mol. The van der Waals surface area contributed by atoms with Gasteiger partial charge in [0.05, 0.1) is 5.57 Å². The Balaban J connectivity index is 5.39. The van der Waals surface area contributed by atoms with E-state index in [1.165, 1.54) is 0 Å². The average Bonchev–Trinajstić information content (AvgIpc) is 2.05. The Kier molecular flexibility index (Phi) is 5.31. The minimum atomic E-state index is 0.0143. The zero-order valence-corrected chi connectivity index (χ0v) is 13.6. The van der Waals surface area contributed by atoms with Gasteiger partial charge in [-0.15, -0.1) is 0 Å². The second-order valence-corrected chi connectivity index (χ2v) is 7.92. The molecular weight excluding hydrogens is 216 g/mol. The van der Waals surface area contributed by atoms with Gasteiger partial charge in [-0.2, -0.15) is 0 Å². The topological polar surface area (TPSA) is 0 Å². The summed E-state index contributed by atoms with van der Waals surface area (Å²) >= 11 is 0. The third kappa shape index (κ3) is 11.3. The summed E-state index contributed by atoms with van der Waals surface area (Å²) in [6.07, 6.45) is 2.16. The lowest BCUT2D eigenvalue weighted by molar-refractivity contribution is 0.542. The molecule has 0 saturated carbocycles. The molecule has 0 aromatic rings. The fourth-order valence-corrected chi connectivity index (χ4v) is 1.05. The van der Waals surface area contributed by atoms with Crippen LogP contribution >= 0.6 is 0 Å². The van der Waals surface area contributed by atoms with Crippen molar-refractivity contribution in [3.63, 3.8) is 0 Å². The van der Waals surface area contributed by atoms with Crippen LogP contribution < -0.4 is 0 Å². The molecule has 0 radical (unpaired) electrons. The van der Waals surface area contributed by atoms with Crippen LogP contribution in [0.4, 0.5) is 0 Å². The molecule has 0 aliphatic carbocycles. The first-order valence-corrected chi connectivity index (χ1v) is 6.58. The summed E-state index contributed by atoms with van der Waals surface area (Å²) in [6, 6.07) is 0. The van der Waals surface area contributed by atoms with Crippen molar-refractivity contribution in [2.45, 2.75) is 62.3 Å². The average molecular weight is 244 g/mol. The van der Waals surface area contributed by atoms with Crippen LogP contribution in [0.2, 0.25) is 0 Å². The minimum absolute atomic E-state index is 0.0143. The molecule has 0 aliphatic heterocycles. The van der Waals surface area contributed by atoms with Crippen molar-refractivity contribution in [2.24, 2.45) is 16.2 Å². The Morgan fingerprint density at radius 1 is 0.667 bits per heavy atom. The molecular formula is C18H28. The maximum Gasteiger partial charge on any atom is 0.0709 e. The highest BCUT2D eigenvalue weighted by Crippen LogP contribution is 2.19. The lowest BCUT2D eigenvalue weighted by Crippen LogP contribution is -2.03. The van der Waals surface area contributed by atoms with Crippen LogP contribution in [0.15, 0.2) is 11.6 Å². The molecule has 0 unspecified atom stereocenters. The lowest BCUT2D eigenvalue weighted by Gasteiger charge is -2.13. The summed E-state index contributed by atoms with van der Waals surface area (Å²) in [7, 11) is 0. The summed E-state index contributed by atoms with van der Waals surface area (Å²) < 4.78 is 0. The molecule has 0 aromatic carbocycles. The Hall–Kier alpha value is -1.14. The molecule has 0 fully saturated rings. The van der Waals surface area contributed by atoms with Gasteiger partial charge in [0, 0.05) is 10.8 Å². The van der Waals surface area contributed by atoms with Crippen LogP contribution in [0.3, 0.4) is 0 Å². The van der Waals surface area contributed by atoms with E-state index in [1.807, 2.05) is 0 Å². The molecule has 0 bridgehead atoms. The van der Waals surface area contributed by atoms with Gasteiger partial charge in [-0.25, -0.2) is 0 Å². The molecule has 0 heteroatoms. The Morgan fingerprint density at radius 3 is 1.22 bits per heavy atom. The first kappa shape index (κ1) is 16.9. The van der Waals surface area contributed by atoms with E-state index in [0.717, 1.165) is 5.57 Å². The van der Waals surface area contributed by atoms with Crippen molar-refractivity contribution >= 4 is 0 Å². The molecule has 0 amide bonds. The quantitative estimate of drug-likeness (QED) is 0.523. The Bertz CT molecular complexity index is 383. The molecule has 0 nitrogen and oxygen atoms in total. The Labute approximate surface area is 114 Å². The SMILES string of the molecule is CC(C)(C)C#CC(C#CC(C)(C)C)=CC(C)(C)C. The molecule has 100 valence electrons. The molecule has 0 rings (SSSR count). The van der Waals surface area contributed by atoms with Gasteiger partial charge in [-0.3, -0.25) is 0 Å². The van der Waals surface area contributed by atoms with Crippen LogP contribution in [-0.2, 0) is 0 Å². The zero-order chi connectivity index (χ0) is 14.6. The van der Waals surface area contributed by atoms with Crippen LogP contribution in [0.1, 0.15) is 62.3 Å². The van der Waals surface area contributed by atoms with E-state index in [1.54, 1.807) is 0 Å². The van der Waals surface area contributed by atoms with Gasteiger partial charge in [0.25, 0.3) is 0 Å². The minimum Gasteiger partial charge on any atom is -0.0913 e. The third-order valence-corrected chi connectivity index (χ3v) is 1.72. The van der Waals surface area contributed by atoms with Crippen molar-refractivity contribution in [1.82, 2.24) is 0 Å². The Morgan fingerprint density at radius 2 is 1.00 bits per heavy atom. The summed E-state index contributed by atoms with van der Waals surface area (Å²) in [6.45, 7) is 19.2. The summed E-state index contributed by atoms with van der Waals surface area (Å²) in [5.74, 6) is 13.0. The number of rotatable bonds is 0. The number of hydrogen-bond acceptors (Lipinski definition) is 0. The van der Waals surface area contributed by atoms with Gasteiger partial charge in [-0.05, 0) is 47.0 Å². The van der Waals surface area contributed by atoms with Crippen LogP contribution in [-0.4, -0.2) is 0 Å². The van der Waals surface area contributed by atoms with Gasteiger partial charge >= 0.3 is 0 Å². The smallest absolute Gasteiger partial charge is 0.0709 e. The maximum absolute atomic E-state index is 3.26. The molecule has 18 heavy (non-hydrogen) atoms. The first-order chi connectivity index (χ1) is 7.79. The summed E-state index contributed by atoms with van der Waals surface area (Å²) in [4.78, 5) is 0. The van der Waals surface area contributed by atoms with E-state index < -0.39 is 0 Å². The number of allylic oxidation sites excluding steroid dienone is 2. The normalized spacial score (nSPS) is 11.8. The highest BCUT2D eigenvalue weighted by atomic mass is 14.1. The largest absolute Gasteiger partial charge is 0.0913 e. The fourth-order valence-electron chi connectivity index (χ4n) is 1.05. The summed E-state index contributed by atoms with van der Waals surface area (Å²) in [5, 5.41) is 0. The van der Waals surface area contributed by atoms with E-state index in [2.05, 4.69) is 92.1 Å². The van der Waals surface area contributed by atoms with Gasteiger partial charge in [0.2, 0.25) is 0 Å². The predicted octanol–water partition coefficient (Wildman–Crippen LogP) is 5.06. The van der Waals surface area contributed by atoms with Gasteiger partial charge < -0.3 is 0 Å². The standard InChI is InChI=1S/C18H28/c1-16(2,3)12-10-15(14-18(7,8)9)11-13-17(4,5)6/h14H,1-9H3. The lowest BCUT2D eigenvalue weighted by atomic mass is 9.91. The molecule has 0 heterocycles. The predicted molar refractivity (Wildman–Crippen MR) is 82.0 cm³/mol. The zero-order valence-electron chi connectivity index (χ0n) is 13.6. The van der Waals surface area contributed by atoms with Gasteiger partial charge in [0.15, 0.2) is 0 Å². The molecule has 0 N–H and O–H groups in total. The van der Waals surface area contributed by atoms with E-state index in [4.69, 9.17) is 0 Å². The molecule has 0 atom stereocenters. The maximum atomic E-state index is 3.26. The van der Waals surface area contributed by atoms with Gasteiger partial charge in [0.1, 0.15) is 0 Å². The van der Waals surface area contributed by atoms with E-state index in [0.29, 0.717) is 0 Å². The second-order valence-electron chi connectivity index (χ2n) is 7.92. The van der Waals surface area contributed by atoms with Crippen molar-refractivity contribution in [2.75, 3.05) is 0 Å². The first-order valence-electron chi connectivity index (χ1n) is 6.58. The van der Waals surface area contributed by atoms with Crippen LogP contribution in [0, 0.1) is 39.9 Å². The molecule has 0 aliphatic rings. The third-order valence-electron chi connectivity index (χ3n) is 1.72. The van der Waals surface area contributed by atoms with Gasteiger partial charge in [-0.1, -0.05) is 50.5 Å². The van der Waals surface area contributed by atoms with Crippen LogP contribution in [0.25, 0.3) is 0 Å². The van der Waals surface area contributed by atoms with E-state index >= 15 is 0 Å². The van der Waals surface area contributed by atoms with Crippen molar-refractivity contribution in [3.05, 3.63) is 11.6 Å². The summed E-state index contributed by atoms with van der Waals surface area (Å²) in [5.41, 5.74) is 1.07. The second kappa shape index (κ2) is 5.67. The van der Waals surface area contributed by atoms with Crippen LogP contribution in [0.5, 0.6) is 0 Å². The van der Waals surface area contributed by atoms with Crippen molar-refractivity contribution < 1.29 is 0 Å². The molecule has 0 aromatic heterocycles. The van der Waals surface area contributed by atoms with E-state index in [9.17, 15) is 0 Å². The highest BCUT2D eigenvalue weighted by molar-refractivity contribution is 5.46. The van der Waals surface area contributed by atoms with Crippen molar-refractivity contribution in [1.29, 1.82) is 0 Å².